The lowest BCUT2D eigenvalue weighted by molar-refractivity contribution is 0.926. The van der Waals surface area contributed by atoms with E-state index in [2.05, 4.69) is 58.6 Å². The third-order valence-corrected chi connectivity index (χ3v) is 5.76. The average molecular weight is 409 g/mol. The summed E-state index contributed by atoms with van der Waals surface area (Å²) in [6.45, 7) is 2.15. The molecular formula is C19H13BrN4S. The van der Waals surface area contributed by atoms with Crippen LogP contribution in [0.3, 0.4) is 0 Å². The number of hydrogen-bond donors (Lipinski definition) is 0. The molecule has 4 nitrogen and oxygen atoms in total. The minimum atomic E-state index is 0.722. The van der Waals surface area contributed by atoms with E-state index in [-0.39, 0.29) is 0 Å². The number of nitrogens with zero attached hydrogens (tertiary/aromatic N) is 4. The Hall–Kier alpha value is -2.31. The van der Waals surface area contributed by atoms with Crippen LogP contribution in [-0.2, 0) is 6.42 Å². The standard InChI is InChI=1S/C19H13BrN4S/c1-2-11-4-3-5-14-16(11)21-18-17(14)23-24-15(10-25-19(24)22-18)12-6-8-13(20)9-7-12/h3-10H,2H2,1H3. The van der Waals surface area contributed by atoms with Crippen LogP contribution in [0.15, 0.2) is 52.3 Å². The minimum Gasteiger partial charge on any atom is -0.226 e. The summed E-state index contributed by atoms with van der Waals surface area (Å²) in [7, 11) is 0. The van der Waals surface area contributed by atoms with E-state index in [1.807, 2.05) is 16.6 Å². The summed E-state index contributed by atoms with van der Waals surface area (Å²) in [5, 5.41) is 8.06. The number of halogens is 1. The van der Waals surface area contributed by atoms with Gasteiger partial charge in [0, 0.05) is 20.8 Å². The second-order valence-electron chi connectivity index (χ2n) is 5.88. The van der Waals surface area contributed by atoms with E-state index in [0.717, 1.165) is 49.5 Å². The van der Waals surface area contributed by atoms with Crippen LogP contribution >= 0.6 is 27.3 Å². The van der Waals surface area contributed by atoms with Crippen molar-refractivity contribution >= 4 is 43.1 Å². The van der Waals surface area contributed by atoms with Crippen LogP contribution in [0.4, 0.5) is 0 Å². The zero-order valence-corrected chi connectivity index (χ0v) is 15.8. The topological polar surface area (TPSA) is 43.1 Å². The van der Waals surface area contributed by atoms with Gasteiger partial charge in [-0.05, 0) is 24.1 Å². The largest absolute Gasteiger partial charge is 0.226 e. The first-order valence-corrected chi connectivity index (χ1v) is 9.73. The first kappa shape index (κ1) is 15.0. The molecule has 2 aliphatic heterocycles. The normalized spacial score (nSPS) is 11.8. The van der Waals surface area contributed by atoms with Gasteiger partial charge in [-0.3, -0.25) is 0 Å². The van der Waals surface area contributed by atoms with E-state index in [1.54, 1.807) is 11.3 Å². The predicted octanol–water partition coefficient (Wildman–Crippen LogP) is 5.44. The Bertz CT molecular complexity index is 1190. The first-order chi connectivity index (χ1) is 12.2. The van der Waals surface area contributed by atoms with Gasteiger partial charge in [0.2, 0.25) is 4.96 Å². The van der Waals surface area contributed by atoms with Gasteiger partial charge in [-0.2, -0.15) is 10.1 Å². The van der Waals surface area contributed by atoms with Crippen molar-refractivity contribution in [1.29, 1.82) is 0 Å². The van der Waals surface area contributed by atoms with E-state index in [4.69, 9.17) is 15.1 Å². The van der Waals surface area contributed by atoms with E-state index in [0.29, 0.717) is 0 Å². The van der Waals surface area contributed by atoms with E-state index < -0.39 is 0 Å². The molecule has 0 N–H and O–H groups in total. The summed E-state index contributed by atoms with van der Waals surface area (Å²) in [4.78, 5) is 10.3. The van der Waals surface area contributed by atoms with Gasteiger partial charge in [0.25, 0.3) is 0 Å². The molecule has 0 saturated carbocycles. The third kappa shape index (κ3) is 2.28. The molecule has 5 rings (SSSR count). The van der Waals surface area contributed by atoms with Crippen molar-refractivity contribution in [3.8, 4) is 22.8 Å². The molecule has 2 aromatic carbocycles. The molecule has 3 heterocycles. The Morgan fingerprint density at radius 1 is 1.08 bits per heavy atom. The maximum atomic E-state index is 4.89. The van der Waals surface area contributed by atoms with Crippen molar-refractivity contribution in [2.24, 2.45) is 0 Å². The molecule has 0 spiro atoms. The zero-order valence-electron chi connectivity index (χ0n) is 13.4. The SMILES string of the molecule is CCc1cccc2c3nn4c(-c5ccc(Br)cc5)csc4nc-3nc12. The zero-order chi connectivity index (χ0) is 17.0. The number of fused-ring (bicyclic) bond motifs is 4. The Balaban J connectivity index is 1.82. The van der Waals surface area contributed by atoms with Crippen molar-refractivity contribution in [3.05, 3.63) is 57.9 Å². The van der Waals surface area contributed by atoms with Gasteiger partial charge in [0.1, 0.15) is 5.69 Å². The fourth-order valence-corrected chi connectivity index (χ4v) is 4.23. The Kier molecular flexibility index (Phi) is 3.36. The molecule has 0 amide bonds. The molecule has 122 valence electrons. The number of thiazole rings is 1. The highest BCUT2D eigenvalue weighted by atomic mass is 79.9. The van der Waals surface area contributed by atoms with Crippen LogP contribution in [0.25, 0.3) is 38.6 Å². The van der Waals surface area contributed by atoms with Gasteiger partial charge < -0.3 is 0 Å². The molecule has 3 aromatic rings. The van der Waals surface area contributed by atoms with Crippen molar-refractivity contribution < 1.29 is 0 Å². The highest BCUT2D eigenvalue weighted by Crippen LogP contribution is 2.33. The van der Waals surface area contributed by atoms with E-state index >= 15 is 0 Å². The van der Waals surface area contributed by atoms with Gasteiger partial charge in [0.05, 0.1) is 11.2 Å². The lowest BCUT2D eigenvalue weighted by Gasteiger charge is -2.03. The van der Waals surface area contributed by atoms with Crippen LogP contribution < -0.4 is 0 Å². The third-order valence-electron chi connectivity index (χ3n) is 4.41. The second-order valence-corrected chi connectivity index (χ2v) is 7.64. The Labute approximate surface area is 156 Å². The number of hydrogen-bond acceptors (Lipinski definition) is 4. The summed E-state index contributed by atoms with van der Waals surface area (Å²) in [5.41, 5.74) is 5.27. The van der Waals surface area contributed by atoms with E-state index in [1.165, 1.54) is 5.56 Å². The van der Waals surface area contributed by atoms with Crippen LogP contribution in [0.2, 0.25) is 0 Å². The Morgan fingerprint density at radius 2 is 1.92 bits per heavy atom. The predicted molar refractivity (Wildman–Crippen MR) is 105 cm³/mol. The maximum absolute atomic E-state index is 4.89. The highest BCUT2D eigenvalue weighted by molar-refractivity contribution is 9.10. The van der Waals surface area contributed by atoms with Crippen molar-refractivity contribution in [2.45, 2.75) is 13.3 Å². The minimum absolute atomic E-state index is 0.722. The smallest absolute Gasteiger partial charge is 0.213 e. The van der Waals surface area contributed by atoms with Crippen molar-refractivity contribution in [1.82, 2.24) is 19.6 Å². The number of benzene rings is 2. The molecule has 0 unspecified atom stereocenters. The Morgan fingerprint density at radius 3 is 2.72 bits per heavy atom. The molecule has 25 heavy (non-hydrogen) atoms. The molecule has 1 aromatic heterocycles. The highest BCUT2D eigenvalue weighted by Gasteiger charge is 2.20. The van der Waals surface area contributed by atoms with Crippen LogP contribution in [0.5, 0.6) is 0 Å². The molecule has 0 fully saturated rings. The summed E-state index contributed by atoms with van der Waals surface area (Å²) in [5.74, 6) is 0.722. The van der Waals surface area contributed by atoms with Gasteiger partial charge in [-0.25, -0.2) is 9.50 Å². The molecule has 0 aliphatic carbocycles. The number of para-hydroxylation sites is 1. The first-order valence-electron chi connectivity index (χ1n) is 8.06. The summed E-state index contributed by atoms with van der Waals surface area (Å²) < 4.78 is 2.99. The van der Waals surface area contributed by atoms with Crippen LogP contribution in [0.1, 0.15) is 12.5 Å². The quantitative estimate of drug-likeness (QED) is 0.390. The average Bonchev–Trinajstić information content (AvgIpc) is 3.21. The van der Waals surface area contributed by atoms with Gasteiger partial charge in [-0.15, -0.1) is 11.3 Å². The number of aryl methyl sites for hydroxylation is 1. The van der Waals surface area contributed by atoms with Gasteiger partial charge in [0.15, 0.2) is 5.82 Å². The molecular weight excluding hydrogens is 396 g/mol. The van der Waals surface area contributed by atoms with Crippen molar-refractivity contribution in [2.75, 3.05) is 0 Å². The number of rotatable bonds is 2. The molecule has 0 atom stereocenters. The molecule has 0 bridgehead atoms. The van der Waals surface area contributed by atoms with Gasteiger partial charge >= 0.3 is 0 Å². The fourth-order valence-electron chi connectivity index (χ4n) is 3.14. The molecule has 0 radical (unpaired) electrons. The lowest BCUT2D eigenvalue weighted by Crippen LogP contribution is -1.99. The van der Waals surface area contributed by atoms with E-state index in [9.17, 15) is 0 Å². The monoisotopic (exact) mass is 408 g/mol. The second kappa shape index (κ2) is 5.61. The maximum Gasteiger partial charge on any atom is 0.213 e. The fraction of sp³-hybridized carbons (Fsp3) is 0.105. The van der Waals surface area contributed by atoms with Crippen LogP contribution in [0, 0.1) is 0 Å². The molecule has 6 heteroatoms. The van der Waals surface area contributed by atoms with Crippen LogP contribution in [-0.4, -0.2) is 19.6 Å². The molecule has 0 saturated heterocycles. The molecule has 2 aliphatic rings. The van der Waals surface area contributed by atoms with Crippen molar-refractivity contribution in [3.63, 3.8) is 0 Å². The summed E-state index contributed by atoms with van der Waals surface area (Å²) in [6.07, 6.45) is 0.951. The van der Waals surface area contributed by atoms with Gasteiger partial charge in [-0.1, -0.05) is 53.2 Å². The summed E-state index contributed by atoms with van der Waals surface area (Å²) >= 11 is 5.07. The summed E-state index contributed by atoms with van der Waals surface area (Å²) in [6, 6.07) is 14.5. The number of aromatic nitrogens is 4. The lowest BCUT2D eigenvalue weighted by atomic mass is 10.1.